The monoisotopic (exact) mass is 376 g/mol. The molecule has 0 saturated heterocycles. The Morgan fingerprint density at radius 3 is 2.36 bits per heavy atom. The van der Waals surface area contributed by atoms with Crippen molar-refractivity contribution < 1.29 is 9.59 Å². The predicted octanol–water partition coefficient (Wildman–Crippen LogP) is 3.52. The van der Waals surface area contributed by atoms with Gasteiger partial charge in [-0.2, -0.15) is 0 Å². The summed E-state index contributed by atoms with van der Waals surface area (Å²) in [6, 6.07) is 16.6. The maximum atomic E-state index is 11.9. The molecular formula is C16H13BrN2O2S. The van der Waals surface area contributed by atoms with Crippen LogP contribution in [0.25, 0.3) is 0 Å². The van der Waals surface area contributed by atoms with Gasteiger partial charge in [-0.05, 0) is 45.6 Å². The van der Waals surface area contributed by atoms with E-state index in [1.54, 1.807) is 23.6 Å². The number of rotatable bonds is 4. The second kappa shape index (κ2) is 8.41. The number of carbonyl (C=O) groups excluding carboxylic acids is 2. The molecule has 0 spiro atoms. The zero-order valence-electron chi connectivity index (χ0n) is 11.5. The van der Waals surface area contributed by atoms with Crippen molar-refractivity contribution in [2.24, 2.45) is 0 Å². The summed E-state index contributed by atoms with van der Waals surface area (Å²) in [6.07, 6.45) is 1.36. The molecule has 22 heavy (non-hydrogen) atoms. The van der Waals surface area contributed by atoms with E-state index in [-0.39, 0.29) is 5.91 Å². The topological polar surface area (TPSA) is 58.2 Å². The first kappa shape index (κ1) is 16.3. The second-order valence-corrected chi connectivity index (χ2v) is 5.99. The highest BCUT2D eigenvalue weighted by Gasteiger charge is 2.08. The van der Waals surface area contributed by atoms with Crippen molar-refractivity contribution in [3.63, 3.8) is 0 Å². The van der Waals surface area contributed by atoms with Gasteiger partial charge in [0.2, 0.25) is 0 Å². The van der Waals surface area contributed by atoms with Crippen molar-refractivity contribution in [1.29, 1.82) is 0 Å². The van der Waals surface area contributed by atoms with Crippen molar-refractivity contribution in [2.45, 2.75) is 4.90 Å². The van der Waals surface area contributed by atoms with E-state index in [0.717, 1.165) is 4.90 Å². The van der Waals surface area contributed by atoms with Gasteiger partial charge in [-0.25, -0.2) is 0 Å². The quantitative estimate of drug-likeness (QED) is 0.487. The van der Waals surface area contributed by atoms with E-state index in [0.29, 0.717) is 10.0 Å². The second-order valence-electron chi connectivity index (χ2n) is 4.16. The summed E-state index contributed by atoms with van der Waals surface area (Å²) in [5, 5.41) is 1.66. The third kappa shape index (κ3) is 5.05. The highest BCUT2D eigenvalue weighted by Crippen LogP contribution is 2.17. The fraction of sp³-hybridized carbons (Fsp3) is 0. The molecule has 2 rings (SSSR count). The molecule has 0 fully saturated rings. The number of amides is 2. The molecule has 4 nitrogen and oxygen atoms in total. The highest BCUT2D eigenvalue weighted by molar-refractivity contribution is 9.10. The third-order valence-corrected chi connectivity index (χ3v) is 4.09. The van der Waals surface area contributed by atoms with Crippen LogP contribution in [0.5, 0.6) is 0 Å². The van der Waals surface area contributed by atoms with Gasteiger partial charge in [0, 0.05) is 15.4 Å². The molecule has 0 heterocycles. The fourth-order valence-corrected chi connectivity index (χ4v) is 2.67. The molecule has 0 unspecified atom stereocenters. The Morgan fingerprint density at radius 1 is 0.955 bits per heavy atom. The third-order valence-electron chi connectivity index (χ3n) is 2.58. The Morgan fingerprint density at radius 2 is 1.64 bits per heavy atom. The minimum absolute atomic E-state index is 0.384. The lowest BCUT2D eigenvalue weighted by atomic mass is 10.2. The first-order chi connectivity index (χ1) is 10.7. The van der Waals surface area contributed by atoms with Crippen LogP contribution in [0.3, 0.4) is 0 Å². The Balaban J connectivity index is 1.80. The first-order valence-corrected chi connectivity index (χ1v) is 8.07. The van der Waals surface area contributed by atoms with Gasteiger partial charge in [0.25, 0.3) is 11.8 Å². The molecule has 0 aliphatic heterocycles. The number of carbonyl (C=O) groups is 2. The Labute approximate surface area is 141 Å². The van der Waals surface area contributed by atoms with E-state index in [1.165, 1.54) is 17.8 Å². The SMILES string of the molecule is O=C(/C=C/Sc1ccccc1)NNC(=O)c1ccccc1Br. The maximum absolute atomic E-state index is 11.9. The molecule has 0 aliphatic rings. The normalized spacial score (nSPS) is 10.4. The van der Waals surface area contributed by atoms with E-state index >= 15 is 0 Å². The van der Waals surface area contributed by atoms with Crippen molar-refractivity contribution in [2.75, 3.05) is 0 Å². The minimum Gasteiger partial charge on any atom is -0.268 e. The number of hydrogen-bond donors (Lipinski definition) is 2. The standard InChI is InChI=1S/C16H13BrN2O2S/c17-14-9-5-4-8-13(14)16(21)19-18-15(20)10-11-22-12-6-2-1-3-7-12/h1-11H,(H,18,20)(H,19,21)/b11-10+. The van der Waals surface area contributed by atoms with Crippen LogP contribution in [-0.2, 0) is 4.79 Å². The largest absolute Gasteiger partial charge is 0.270 e. The Hall–Kier alpha value is -2.05. The van der Waals surface area contributed by atoms with Crippen LogP contribution in [0, 0.1) is 0 Å². The smallest absolute Gasteiger partial charge is 0.268 e. The first-order valence-electron chi connectivity index (χ1n) is 6.40. The van der Waals surface area contributed by atoms with Gasteiger partial charge >= 0.3 is 0 Å². The fourth-order valence-electron chi connectivity index (χ4n) is 1.55. The maximum Gasteiger partial charge on any atom is 0.270 e. The molecule has 0 bridgehead atoms. The summed E-state index contributed by atoms with van der Waals surface area (Å²) in [6.45, 7) is 0. The molecule has 2 aromatic carbocycles. The minimum atomic E-state index is -0.399. The van der Waals surface area contributed by atoms with E-state index in [1.807, 2.05) is 36.4 Å². The highest BCUT2D eigenvalue weighted by atomic mass is 79.9. The molecule has 112 valence electrons. The number of hydrogen-bond acceptors (Lipinski definition) is 3. The van der Waals surface area contributed by atoms with Crippen molar-refractivity contribution >= 4 is 39.5 Å². The summed E-state index contributed by atoms with van der Waals surface area (Å²) >= 11 is 4.70. The lowest BCUT2D eigenvalue weighted by molar-refractivity contribution is -0.117. The number of halogens is 1. The van der Waals surface area contributed by atoms with E-state index in [9.17, 15) is 9.59 Å². The molecule has 0 radical (unpaired) electrons. The van der Waals surface area contributed by atoms with E-state index < -0.39 is 5.91 Å². The Kier molecular flexibility index (Phi) is 6.24. The molecule has 6 heteroatoms. The van der Waals surface area contributed by atoms with Gasteiger partial charge in [0.15, 0.2) is 0 Å². The van der Waals surface area contributed by atoms with Crippen LogP contribution in [0.4, 0.5) is 0 Å². The van der Waals surface area contributed by atoms with Gasteiger partial charge in [-0.3, -0.25) is 20.4 Å². The summed E-state index contributed by atoms with van der Waals surface area (Å²) in [5.74, 6) is -0.784. The number of hydrazine groups is 1. The average molecular weight is 377 g/mol. The summed E-state index contributed by atoms with van der Waals surface area (Å²) < 4.78 is 0.664. The van der Waals surface area contributed by atoms with Gasteiger partial charge in [-0.1, -0.05) is 42.1 Å². The van der Waals surface area contributed by atoms with Crippen molar-refractivity contribution in [1.82, 2.24) is 10.9 Å². The van der Waals surface area contributed by atoms with Crippen LogP contribution < -0.4 is 10.9 Å². The lowest BCUT2D eigenvalue weighted by Gasteiger charge is -2.06. The van der Waals surface area contributed by atoms with Gasteiger partial charge < -0.3 is 0 Å². The molecule has 0 atom stereocenters. The molecule has 2 amide bonds. The van der Waals surface area contributed by atoms with Crippen LogP contribution in [0.15, 0.2) is 75.4 Å². The van der Waals surface area contributed by atoms with Crippen molar-refractivity contribution in [3.8, 4) is 0 Å². The number of thioether (sulfide) groups is 1. The van der Waals surface area contributed by atoms with E-state index in [4.69, 9.17) is 0 Å². The van der Waals surface area contributed by atoms with Gasteiger partial charge in [0.05, 0.1) is 5.56 Å². The van der Waals surface area contributed by atoms with Gasteiger partial charge in [0.1, 0.15) is 0 Å². The van der Waals surface area contributed by atoms with Crippen LogP contribution in [-0.4, -0.2) is 11.8 Å². The predicted molar refractivity (Wildman–Crippen MR) is 91.2 cm³/mol. The molecule has 2 N–H and O–H groups in total. The summed E-state index contributed by atoms with van der Waals surface area (Å²) in [7, 11) is 0. The van der Waals surface area contributed by atoms with Crippen LogP contribution >= 0.6 is 27.7 Å². The molecule has 0 aliphatic carbocycles. The molecule has 0 aromatic heterocycles. The summed E-state index contributed by atoms with van der Waals surface area (Å²) in [5.41, 5.74) is 5.14. The molecule has 0 saturated carbocycles. The summed E-state index contributed by atoms with van der Waals surface area (Å²) in [4.78, 5) is 24.5. The van der Waals surface area contributed by atoms with Gasteiger partial charge in [-0.15, -0.1) is 0 Å². The van der Waals surface area contributed by atoms with Crippen LogP contribution in [0.2, 0.25) is 0 Å². The molecule has 2 aromatic rings. The zero-order chi connectivity index (χ0) is 15.8. The number of benzene rings is 2. The zero-order valence-corrected chi connectivity index (χ0v) is 13.9. The van der Waals surface area contributed by atoms with E-state index in [2.05, 4.69) is 26.8 Å². The van der Waals surface area contributed by atoms with Crippen LogP contribution in [0.1, 0.15) is 10.4 Å². The Bertz CT molecular complexity index is 690. The number of nitrogens with one attached hydrogen (secondary N) is 2. The molecular weight excluding hydrogens is 364 g/mol. The average Bonchev–Trinajstić information content (AvgIpc) is 2.54. The lowest BCUT2D eigenvalue weighted by Crippen LogP contribution is -2.40. The van der Waals surface area contributed by atoms with Crippen molar-refractivity contribution in [3.05, 3.63) is 76.1 Å².